The van der Waals surface area contributed by atoms with E-state index in [1.807, 2.05) is 12.1 Å². The molecule has 0 aromatic heterocycles. The minimum atomic E-state index is -0.0334. The maximum atomic E-state index is 11.7. The quantitative estimate of drug-likeness (QED) is 0.908. The summed E-state index contributed by atoms with van der Waals surface area (Å²) >= 11 is 0. The Bertz CT molecular complexity index is 751. The second-order valence-corrected chi connectivity index (χ2v) is 7.28. The predicted octanol–water partition coefficient (Wildman–Crippen LogP) is 3.94. The van der Waals surface area contributed by atoms with E-state index in [9.17, 15) is 4.79 Å². The molecule has 1 amide bonds. The van der Waals surface area contributed by atoms with Gasteiger partial charge in [0.15, 0.2) is 0 Å². The number of benzene rings is 1. The molecule has 1 saturated carbocycles. The van der Waals surface area contributed by atoms with E-state index in [2.05, 4.69) is 40.6 Å². The number of allylic oxidation sites excluding steroid dienone is 4. The van der Waals surface area contributed by atoms with Crippen molar-refractivity contribution in [2.24, 2.45) is 0 Å². The molecule has 0 atom stereocenters. The van der Waals surface area contributed by atoms with Crippen LogP contribution in [-0.4, -0.2) is 37.0 Å². The molecule has 3 heteroatoms. The first-order valence-corrected chi connectivity index (χ1v) is 9.40. The highest BCUT2D eigenvalue weighted by Gasteiger charge is 2.26. The van der Waals surface area contributed by atoms with E-state index < -0.39 is 0 Å². The van der Waals surface area contributed by atoms with Crippen molar-refractivity contribution in [2.75, 3.05) is 20.1 Å². The second-order valence-electron chi connectivity index (χ2n) is 7.28. The van der Waals surface area contributed by atoms with Gasteiger partial charge in [-0.2, -0.15) is 0 Å². The van der Waals surface area contributed by atoms with E-state index in [1.54, 1.807) is 7.05 Å². The summed E-state index contributed by atoms with van der Waals surface area (Å²) in [6.07, 6.45) is 13.3. The van der Waals surface area contributed by atoms with E-state index in [0.29, 0.717) is 5.56 Å². The molecule has 0 saturated heterocycles. The Morgan fingerprint density at radius 2 is 1.84 bits per heavy atom. The van der Waals surface area contributed by atoms with E-state index in [-0.39, 0.29) is 5.91 Å². The molecular formula is C22H26N2O. The minimum absolute atomic E-state index is 0.0334. The molecule has 0 radical (unpaired) electrons. The topological polar surface area (TPSA) is 32.3 Å². The minimum Gasteiger partial charge on any atom is -0.355 e. The molecule has 130 valence electrons. The Hall–Kier alpha value is -2.13. The molecular weight excluding hydrogens is 308 g/mol. The van der Waals surface area contributed by atoms with Crippen LogP contribution in [0, 0.1) is 0 Å². The zero-order valence-corrected chi connectivity index (χ0v) is 14.9. The van der Waals surface area contributed by atoms with Crippen LogP contribution in [0.5, 0.6) is 0 Å². The number of amides is 1. The van der Waals surface area contributed by atoms with Gasteiger partial charge in [0.2, 0.25) is 0 Å². The van der Waals surface area contributed by atoms with Gasteiger partial charge in [-0.25, -0.2) is 0 Å². The second kappa shape index (κ2) is 7.01. The molecule has 1 aromatic carbocycles. The van der Waals surface area contributed by atoms with Crippen molar-refractivity contribution in [1.29, 1.82) is 0 Å². The van der Waals surface area contributed by atoms with Crippen molar-refractivity contribution in [1.82, 2.24) is 10.2 Å². The van der Waals surface area contributed by atoms with E-state index >= 15 is 0 Å². The Balaban J connectivity index is 1.50. The standard InChI is InChI=1S/C22H26N2O/c1-23-22(25)18-8-5-16(6-9-18)19-10-7-17-11-13-24(21-3-2-4-21)14-12-20(17)15-19/h5-10,12,21H,2-4,11,13-15H2,1H3,(H,23,25). The Morgan fingerprint density at radius 1 is 1.08 bits per heavy atom. The zero-order chi connectivity index (χ0) is 17.2. The first kappa shape index (κ1) is 16.3. The van der Waals surface area contributed by atoms with Crippen molar-refractivity contribution in [3.63, 3.8) is 0 Å². The summed E-state index contributed by atoms with van der Waals surface area (Å²) < 4.78 is 0. The van der Waals surface area contributed by atoms with Crippen LogP contribution < -0.4 is 5.32 Å². The van der Waals surface area contributed by atoms with Crippen LogP contribution in [0.1, 0.15) is 48.0 Å². The van der Waals surface area contributed by atoms with Gasteiger partial charge in [-0.15, -0.1) is 0 Å². The molecule has 25 heavy (non-hydrogen) atoms. The summed E-state index contributed by atoms with van der Waals surface area (Å²) in [5.74, 6) is -0.0334. The highest BCUT2D eigenvalue weighted by Crippen LogP contribution is 2.35. The Labute approximate surface area is 150 Å². The SMILES string of the molecule is CNC(=O)c1ccc(C2=CC=C3CCN(C4CCC4)CC=C3C2)cc1. The molecule has 1 aliphatic heterocycles. The van der Waals surface area contributed by atoms with Gasteiger partial charge in [-0.3, -0.25) is 9.69 Å². The normalized spacial score (nSPS) is 21.2. The molecule has 0 bridgehead atoms. The van der Waals surface area contributed by atoms with Crippen LogP contribution in [0.2, 0.25) is 0 Å². The third-order valence-corrected chi connectivity index (χ3v) is 5.86. The summed E-state index contributed by atoms with van der Waals surface area (Å²) in [5.41, 5.74) is 6.27. The monoisotopic (exact) mass is 334 g/mol. The van der Waals surface area contributed by atoms with Crippen molar-refractivity contribution in [3.8, 4) is 0 Å². The maximum Gasteiger partial charge on any atom is 0.251 e. The molecule has 0 unspecified atom stereocenters. The van der Waals surface area contributed by atoms with Gasteiger partial charge < -0.3 is 5.32 Å². The van der Waals surface area contributed by atoms with Crippen molar-refractivity contribution in [3.05, 3.63) is 64.8 Å². The average molecular weight is 334 g/mol. The zero-order valence-electron chi connectivity index (χ0n) is 14.9. The van der Waals surface area contributed by atoms with E-state index in [0.717, 1.165) is 19.0 Å². The average Bonchev–Trinajstić information content (AvgIpc) is 2.82. The highest BCUT2D eigenvalue weighted by atomic mass is 16.1. The Morgan fingerprint density at radius 3 is 2.52 bits per heavy atom. The molecule has 0 spiro atoms. The van der Waals surface area contributed by atoms with E-state index in [4.69, 9.17) is 0 Å². The maximum absolute atomic E-state index is 11.7. The van der Waals surface area contributed by atoms with Gasteiger partial charge in [-0.05, 0) is 60.1 Å². The molecule has 1 N–H and O–H groups in total. The van der Waals surface area contributed by atoms with Crippen LogP contribution in [0.25, 0.3) is 5.57 Å². The number of nitrogens with one attached hydrogen (secondary N) is 1. The van der Waals surface area contributed by atoms with Gasteiger partial charge in [-0.1, -0.05) is 36.8 Å². The highest BCUT2D eigenvalue weighted by molar-refractivity contribution is 5.94. The third kappa shape index (κ3) is 3.34. The number of rotatable bonds is 3. The summed E-state index contributed by atoms with van der Waals surface area (Å²) in [7, 11) is 1.66. The largest absolute Gasteiger partial charge is 0.355 e. The lowest BCUT2D eigenvalue weighted by Gasteiger charge is -2.36. The summed E-state index contributed by atoms with van der Waals surface area (Å²) in [6, 6.07) is 8.77. The number of hydrogen-bond donors (Lipinski definition) is 1. The third-order valence-electron chi connectivity index (χ3n) is 5.86. The van der Waals surface area contributed by atoms with Gasteiger partial charge >= 0.3 is 0 Å². The fourth-order valence-corrected chi connectivity index (χ4v) is 3.98. The van der Waals surface area contributed by atoms with Gasteiger partial charge in [0, 0.05) is 31.7 Å². The van der Waals surface area contributed by atoms with E-state index in [1.165, 1.54) is 54.5 Å². The number of fused-ring (bicyclic) bond motifs is 1. The number of carbonyl (C=O) groups excluding carboxylic acids is 1. The molecule has 4 rings (SSSR count). The molecule has 1 heterocycles. The van der Waals surface area contributed by atoms with Gasteiger partial charge in [0.05, 0.1) is 0 Å². The van der Waals surface area contributed by atoms with Crippen LogP contribution in [-0.2, 0) is 0 Å². The van der Waals surface area contributed by atoms with Crippen molar-refractivity contribution >= 4 is 11.5 Å². The van der Waals surface area contributed by atoms with Crippen LogP contribution in [0.4, 0.5) is 0 Å². The molecule has 1 aromatic rings. The lowest BCUT2D eigenvalue weighted by atomic mass is 9.87. The van der Waals surface area contributed by atoms with Crippen molar-refractivity contribution < 1.29 is 4.79 Å². The molecule has 1 fully saturated rings. The smallest absolute Gasteiger partial charge is 0.251 e. The fraction of sp³-hybridized carbons (Fsp3) is 0.409. The summed E-state index contributed by atoms with van der Waals surface area (Å²) in [6.45, 7) is 2.29. The van der Waals surface area contributed by atoms with Crippen LogP contribution in [0.3, 0.4) is 0 Å². The summed E-state index contributed by atoms with van der Waals surface area (Å²) in [5, 5.41) is 2.67. The summed E-state index contributed by atoms with van der Waals surface area (Å²) in [4.78, 5) is 14.4. The lowest BCUT2D eigenvalue weighted by Crippen LogP contribution is -2.40. The van der Waals surface area contributed by atoms with Gasteiger partial charge in [0.25, 0.3) is 5.91 Å². The van der Waals surface area contributed by atoms with Gasteiger partial charge in [0.1, 0.15) is 0 Å². The predicted molar refractivity (Wildman–Crippen MR) is 102 cm³/mol. The Kier molecular flexibility index (Phi) is 4.58. The molecule has 3 aliphatic rings. The van der Waals surface area contributed by atoms with Crippen molar-refractivity contribution in [2.45, 2.75) is 38.1 Å². The van der Waals surface area contributed by atoms with Crippen LogP contribution in [0.15, 0.2) is 53.6 Å². The molecule has 2 aliphatic carbocycles. The first-order valence-electron chi connectivity index (χ1n) is 9.40. The molecule has 3 nitrogen and oxygen atoms in total. The number of carbonyl (C=O) groups is 1. The fourth-order valence-electron chi connectivity index (χ4n) is 3.98. The number of nitrogens with zero attached hydrogens (tertiary/aromatic N) is 1. The van der Waals surface area contributed by atoms with Crippen LogP contribution >= 0.6 is 0 Å². The lowest BCUT2D eigenvalue weighted by molar-refractivity contribution is 0.0963. The first-order chi connectivity index (χ1) is 12.2. The number of hydrogen-bond acceptors (Lipinski definition) is 2.